The van der Waals surface area contributed by atoms with Gasteiger partial charge in [-0.25, -0.2) is 0 Å². The average molecular weight is 428 g/mol. The molecule has 0 spiro atoms. The Balaban J connectivity index is 1.13. The zero-order valence-electron chi connectivity index (χ0n) is 18.2. The van der Waals surface area contributed by atoms with Crippen LogP contribution in [0.3, 0.4) is 0 Å². The first-order valence-corrected chi connectivity index (χ1v) is 11.5. The molecular formula is C27H29N3O2. The van der Waals surface area contributed by atoms with Gasteiger partial charge in [0.05, 0.1) is 5.92 Å². The van der Waals surface area contributed by atoms with Crippen LogP contribution >= 0.6 is 0 Å². The Hall–Kier alpha value is -3.31. The standard InChI is InChI=1S/C27H29N3O2/c31-27(26-22-11-4-6-13-24(22)32-25-14-7-5-12-23(25)26)28-15-8-16-29-17-19-30(20-18-29)21-9-2-1-3-10-21/h1-7,9-14,26H,8,15-20H2,(H,28,31). The van der Waals surface area contributed by atoms with E-state index >= 15 is 0 Å². The molecule has 0 saturated carbocycles. The van der Waals surface area contributed by atoms with Crippen LogP contribution in [0.25, 0.3) is 0 Å². The molecule has 0 atom stereocenters. The van der Waals surface area contributed by atoms with Crippen molar-refractivity contribution in [3.63, 3.8) is 0 Å². The smallest absolute Gasteiger partial charge is 0.232 e. The van der Waals surface area contributed by atoms with Crippen molar-refractivity contribution in [1.29, 1.82) is 0 Å². The fourth-order valence-electron chi connectivity index (χ4n) is 4.68. The summed E-state index contributed by atoms with van der Waals surface area (Å²) >= 11 is 0. The van der Waals surface area contributed by atoms with E-state index in [4.69, 9.17) is 4.74 Å². The Labute approximate surface area is 189 Å². The highest BCUT2D eigenvalue weighted by Crippen LogP contribution is 2.43. The maximum atomic E-state index is 13.2. The second-order valence-corrected chi connectivity index (χ2v) is 8.42. The monoisotopic (exact) mass is 427 g/mol. The predicted octanol–water partition coefficient (Wildman–Crippen LogP) is 4.25. The topological polar surface area (TPSA) is 44.8 Å². The molecule has 32 heavy (non-hydrogen) atoms. The number of benzene rings is 3. The van der Waals surface area contributed by atoms with Crippen LogP contribution in [-0.4, -0.2) is 50.1 Å². The summed E-state index contributed by atoms with van der Waals surface area (Å²) < 4.78 is 6.01. The minimum absolute atomic E-state index is 0.0436. The number of nitrogens with zero attached hydrogens (tertiary/aromatic N) is 2. The molecule has 0 radical (unpaired) electrons. The number of amides is 1. The first-order chi connectivity index (χ1) is 15.8. The molecule has 0 unspecified atom stereocenters. The quantitative estimate of drug-likeness (QED) is 0.598. The van der Waals surface area contributed by atoms with E-state index in [2.05, 4.69) is 45.4 Å². The van der Waals surface area contributed by atoms with Gasteiger partial charge in [0.25, 0.3) is 0 Å². The molecule has 1 N–H and O–H groups in total. The molecular weight excluding hydrogens is 398 g/mol. The summed E-state index contributed by atoms with van der Waals surface area (Å²) in [7, 11) is 0. The Morgan fingerprint density at radius 1 is 0.812 bits per heavy atom. The SMILES string of the molecule is O=C(NCCCN1CCN(c2ccccc2)CC1)C1c2ccccc2Oc2ccccc21. The molecule has 1 fully saturated rings. The first-order valence-electron chi connectivity index (χ1n) is 11.5. The van der Waals surface area contributed by atoms with Crippen molar-refractivity contribution in [2.45, 2.75) is 12.3 Å². The van der Waals surface area contributed by atoms with Crippen molar-refractivity contribution < 1.29 is 9.53 Å². The number of piperazine rings is 1. The third-order valence-corrected chi connectivity index (χ3v) is 6.39. The molecule has 2 heterocycles. The van der Waals surface area contributed by atoms with Gasteiger partial charge in [0, 0.05) is 49.5 Å². The minimum Gasteiger partial charge on any atom is -0.457 e. The molecule has 0 aromatic heterocycles. The number of carbonyl (C=O) groups is 1. The van der Waals surface area contributed by atoms with E-state index in [0.717, 1.165) is 61.8 Å². The number of carbonyl (C=O) groups excluding carboxylic acids is 1. The highest BCUT2D eigenvalue weighted by molar-refractivity contribution is 5.89. The molecule has 5 rings (SSSR count). The van der Waals surface area contributed by atoms with Crippen molar-refractivity contribution >= 4 is 11.6 Å². The van der Waals surface area contributed by atoms with Gasteiger partial charge in [0.15, 0.2) is 0 Å². The van der Waals surface area contributed by atoms with Gasteiger partial charge in [-0.2, -0.15) is 0 Å². The molecule has 3 aromatic rings. The van der Waals surface area contributed by atoms with Gasteiger partial charge in [-0.3, -0.25) is 9.69 Å². The molecule has 1 saturated heterocycles. The Bertz CT molecular complexity index is 1020. The second kappa shape index (κ2) is 9.45. The van der Waals surface area contributed by atoms with E-state index in [9.17, 15) is 4.79 Å². The lowest BCUT2D eigenvalue weighted by atomic mass is 9.87. The molecule has 164 valence electrons. The van der Waals surface area contributed by atoms with Gasteiger partial charge in [0.1, 0.15) is 11.5 Å². The van der Waals surface area contributed by atoms with E-state index in [-0.39, 0.29) is 11.8 Å². The van der Waals surface area contributed by atoms with Crippen molar-refractivity contribution in [2.75, 3.05) is 44.2 Å². The average Bonchev–Trinajstić information content (AvgIpc) is 2.86. The van der Waals surface area contributed by atoms with Crippen LogP contribution < -0.4 is 15.0 Å². The normalized spacial score (nSPS) is 16.1. The van der Waals surface area contributed by atoms with E-state index in [0.29, 0.717) is 6.54 Å². The predicted molar refractivity (Wildman–Crippen MR) is 128 cm³/mol. The van der Waals surface area contributed by atoms with Gasteiger partial charge in [-0.15, -0.1) is 0 Å². The fourth-order valence-corrected chi connectivity index (χ4v) is 4.68. The van der Waals surface area contributed by atoms with E-state index in [1.807, 2.05) is 48.5 Å². The van der Waals surface area contributed by atoms with Gasteiger partial charge >= 0.3 is 0 Å². The molecule has 2 aliphatic rings. The molecule has 5 heteroatoms. The Kier molecular flexibility index (Phi) is 6.08. The summed E-state index contributed by atoms with van der Waals surface area (Å²) in [5.74, 6) is 1.25. The van der Waals surface area contributed by atoms with Gasteiger partial charge in [-0.05, 0) is 37.2 Å². The summed E-state index contributed by atoms with van der Waals surface area (Å²) in [6, 6.07) is 26.3. The molecule has 0 bridgehead atoms. The number of hydrogen-bond donors (Lipinski definition) is 1. The lowest BCUT2D eigenvalue weighted by Crippen LogP contribution is -2.47. The maximum Gasteiger partial charge on any atom is 0.232 e. The van der Waals surface area contributed by atoms with Gasteiger partial charge < -0.3 is 15.0 Å². The Morgan fingerprint density at radius 3 is 2.06 bits per heavy atom. The van der Waals surface area contributed by atoms with Crippen LogP contribution in [0.2, 0.25) is 0 Å². The van der Waals surface area contributed by atoms with Crippen LogP contribution in [0.5, 0.6) is 11.5 Å². The summed E-state index contributed by atoms with van der Waals surface area (Å²) in [5.41, 5.74) is 3.16. The van der Waals surface area contributed by atoms with Crippen LogP contribution in [0.15, 0.2) is 78.9 Å². The molecule has 3 aromatic carbocycles. The number of fused-ring (bicyclic) bond motifs is 2. The maximum absolute atomic E-state index is 13.2. The molecule has 5 nitrogen and oxygen atoms in total. The zero-order valence-corrected chi connectivity index (χ0v) is 18.2. The number of ether oxygens (including phenoxy) is 1. The van der Waals surface area contributed by atoms with Gasteiger partial charge in [0.2, 0.25) is 5.91 Å². The number of nitrogens with one attached hydrogen (secondary N) is 1. The second-order valence-electron chi connectivity index (χ2n) is 8.42. The van der Waals surface area contributed by atoms with Crippen LogP contribution in [0.4, 0.5) is 5.69 Å². The molecule has 0 aliphatic carbocycles. The Morgan fingerprint density at radius 2 is 1.41 bits per heavy atom. The zero-order chi connectivity index (χ0) is 21.8. The van der Waals surface area contributed by atoms with E-state index in [1.165, 1.54) is 5.69 Å². The van der Waals surface area contributed by atoms with Crippen LogP contribution in [0, 0.1) is 0 Å². The van der Waals surface area contributed by atoms with Gasteiger partial charge in [-0.1, -0.05) is 54.6 Å². The largest absolute Gasteiger partial charge is 0.457 e. The highest BCUT2D eigenvalue weighted by atomic mass is 16.5. The molecule has 1 amide bonds. The number of anilines is 1. The third-order valence-electron chi connectivity index (χ3n) is 6.39. The first kappa shape index (κ1) is 20.6. The number of rotatable bonds is 6. The summed E-state index contributed by atoms with van der Waals surface area (Å²) in [4.78, 5) is 18.1. The summed E-state index contributed by atoms with van der Waals surface area (Å²) in [6.45, 7) is 5.90. The van der Waals surface area contributed by atoms with E-state index in [1.54, 1.807) is 0 Å². The molecule has 2 aliphatic heterocycles. The minimum atomic E-state index is -0.328. The summed E-state index contributed by atoms with van der Waals surface area (Å²) in [5, 5.41) is 3.18. The number of hydrogen-bond acceptors (Lipinski definition) is 4. The number of para-hydroxylation sites is 3. The lowest BCUT2D eigenvalue weighted by molar-refractivity contribution is -0.121. The fraction of sp³-hybridized carbons (Fsp3) is 0.296. The summed E-state index contributed by atoms with van der Waals surface area (Å²) in [6.07, 6.45) is 0.948. The van der Waals surface area contributed by atoms with Crippen molar-refractivity contribution in [2.24, 2.45) is 0 Å². The van der Waals surface area contributed by atoms with Crippen LogP contribution in [-0.2, 0) is 4.79 Å². The van der Waals surface area contributed by atoms with Crippen LogP contribution in [0.1, 0.15) is 23.5 Å². The van der Waals surface area contributed by atoms with E-state index < -0.39 is 0 Å². The van der Waals surface area contributed by atoms with Crippen molar-refractivity contribution in [1.82, 2.24) is 10.2 Å². The van der Waals surface area contributed by atoms with Crippen molar-refractivity contribution in [3.05, 3.63) is 90.0 Å². The third kappa shape index (κ3) is 4.34. The highest BCUT2D eigenvalue weighted by Gasteiger charge is 2.32. The lowest BCUT2D eigenvalue weighted by Gasteiger charge is -2.36. The van der Waals surface area contributed by atoms with Crippen molar-refractivity contribution in [3.8, 4) is 11.5 Å².